The molecule has 0 saturated carbocycles. The fourth-order valence-corrected chi connectivity index (χ4v) is 7.68. The van der Waals surface area contributed by atoms with Crippen molar-refractivity contribution in [2.24, 2.45) is 11.8 Å². The largest absolute Gasteiger partial charge is 0.469 e. The van der Waals surface area contributed by atoms with Crippen LogP contribution in [0.4, 0.5) is 5.69 Å². The number of hydrogen-bond donors (Lipinski definition) is 4. The summed E-state index contributed by atoms with van der Waals surface area (Å²) in [5.41, 5.74) is 3.64. The SMILES string of the molecule is CCCCCCc1cccc2c1NC1Oc3ccc4cc3[C@]21c1oc(nc1-c1nc(C(=O)OC)co1)[C@H](C(C)C)NC(=O)[C@@H](NC(=O)[C@@H](O)C(C)C)C4. The standard InChI is InChI=1S/C40H47N5O8/c1-7-8-9-10-12-23-13-11-14-24-30(23)45-39-40(24)25-17-22(15-16-28(25)52-39)18-26(41-35(48)32(46)21(4)5)34(47)43-29(20(2)3)37-44-31(33(40)53-37)36-42-27(19-51-36)38(49)50-6/h11,13-17,19-21,26,29,32,39,45-46H,7-10,12,18H2,1-6H3,(H,41,48)(H,43,47)/t26-,29-,32-,39?,40-/m0/s1. The number of ether oxygens (including phenoxy) is 2. The van der Waals surface area contributed by atoms with Gasteiger partial charge in [0.05, 0.1) is 7.11 Å². The van der Waals surface area contributed by atoms with Crippen LogP contribution in [0.2, 0.25) is 0 Å². The first kappa shape index (κ1) is 36.2. The van der Waals surface area contributed by atoms with Crippen molar-refractivity contribution >= 4 is 23.5 Å². The zero-order valence-corrected chi connectivity index (χ0v) is 30.9. The zero-order valence-electron chi connectivity index (χ0n) is 30.9. The van der Waals surface area contributed by atoms with E-state index < -0.39 is 47.6 Å². The summed E-state index contributed by atoms with van der Waals surface area (Å²) < 4.78 is 24.5. The lowest BCUT2D eigenvalue weighted by Gasteiger charge is -2.29. The van der Waals surface area contributed by atoms with E-state index in [2.05, 4.69) is 40.0 Å². The highest BCUT2D eigenvalue weighted by Crippen LogP contribution is 2.60. The average molecular weight is 726 g/mol. The Morgan fingerprint density at radius 3 is 2.62 bits per heavy atom. The summed E-state index contributed by atoms with van der Waals surface area (Å²) in [5.74, 6) is -1.15. The molecule has 0 aliphatic carbocycles. The third-order valence-electron chi connectivity index (χ3n) is 10.6. The van der Waals surface area contributed by atoms with Crippen LogP contribution in [0.3, 0.4) is 0 Å². The van der Waals surface area contributed by atoms with Crippen LogP contribution < -0.4 is 20.7 Å². The van der Waals surface area contributed by atoms with Crippen molar-refractivity contribution in [1.29, 1.82) is 0 Å². The molecular formula is C40H47N5O8. The number of aliphatic hydroxyl groups excluding tert-OH is 1. The molecule has 1 spiro atoms. The maximum atomic E-state index is 14.1. The van der Waals surface area contributed by atoms with Crippen LogP contribution in [0, 0.1) is 11.8 Å². The number of methoxy groups -OCH3 is 1. The number of hydrogen-bond acceptors (Lipinski definition) is 11. The highest BCUT2D eigenvalue weighted by molar-refractivity contribution is 5.90. The second kappa shape index (κ2) is 14.3. The van der Waals surface area contributed by atoms with Gasteiger partial charge in [-0.15, -0.1) is 0 Å². The lowest BCUT2D eigenvalue weighted by atomic mass is 9.72. The molecule has 0 saturated heterocycles. The van der Waals surface area contributed by atoms with Crippen LogP contribution in [0.5, 0.6) is 5.75 Å². The van der Waals surface area contributed by atoms with Gasteiger partial charge in [-0.25, -0.2) is 14.8 Å². The molecule has 5 atom stereocenters. The normalized spacial score (nSPS) is 21.8. The van der Waals surface area contributed by atoms with E-state index in [1.165, 1.54) is 13.4 Å². The number of oxazole rings is 2. The first-order valence-electron chi connectivity index (χ1n) is 18.5. The lowest BCUT2D eigenvalue weighted by molar-refractivity contribution is -0.135. The molecule has 0 radical (unpaired) electrons. The van der Waals surface area contributed by atoms with Crippen molar-refractivity contribution in [2.45, 2.75) is 103 Å². The molecule has 3 aliphatic rings. The summed E-state index contributed by atoms with van der Waals surface area (Å²) in [6, 6.07) is 10.2. The summed E-state index contributed by atoms with van der Waals surface area (Å²) in [6.45, 7) is 9.52. The second-order valence-electron chi connectivity index (χ2n) is 14.9. The van der Waals surface area contributed by atoms with Gasteiger partial charge in [0.1, 0.15) is 35.6 Å². The molecule has 0 fully saturated rings. The molecule has 13 heteroatoms. The molecule has 4 bridgehead atoms. The Hall–Kier alpha value is -5.17. The van der Waals surface area contributed by atoms with Gasteiger partial charge in [-0.2, -0.15) is 0 Å². The maximum Gasteiger partial charge on any atom is 0.360 e. The number of benzene rings is 2. The van der Waals surface area contributed by atoms with Gasteiger partial charge in [0.15, 0.2) is 23.4 Å². The fourth-order valence-electron chi connectivity index (χ4n) is 7.68. The molecular weight excluding hydrogens is 678 g/mol. The quantitative estimate of drug-likeness (QED) is 0.112. The summed E-state index contributed by atoms with van der Waals surface area (Å²) >= 11 is 0. The van der Waals surface area contributed by atoms with E-state index >= 15 is 0 Å². The van der Waals surface area contributed by atoms with E-state index in [1.54, 1.807) is 13.8 Å². The van der Waals surface area contributed by atoms with Crippen LogP contribution in [-0.2, 0) is 32.6 Å². The molecule has 2 amide bonds. The number of amides is 2. The summed E-state index contributed by atoms with van der Waals surface area (Å²) in [7, 11) is 1.27. The maximum absolute atomic E-state index is 14.1. The molecule has 7 rings (SSSR count). The molecule has 53 heavy (non-hydrogen) atoms. The second-order valence-corrected chi connectivity index (χ2v) is 14.9. The molecule has 4 aromatic rings. The Balaban J connectivity index is 1.46. The van der Waals surface area contributed by atoms with Gasteiger partial charge in [-0.1, -0.05) is 84.2 Å². The Morgan fingerprint density at radius 1 is 1.08 bits per heavy atom. The zero-order chi connectivity index (χ0) is 37.6. The third kappa shape index (κ3) is 6.24. The van der Waals surface area contributed by atoms with Gasteiger partial charge < -0.3 is 39.4 Å². The van der Waals surface area contributed by atoms with E-state index in [1.807, 2.05) is 38.1 Å². The monoisotopic (exact) mass is 725 g/mol. The number of esters is 1. The van der Waals surface area contributed by atoms with Gasteiger partial charge in [0, 0.05) is 17.7 Å². The number of aryl methyl sites for hydroxylation is 1. The number of nitrogens with one attached hydrogen (secondary N) is 3. The topological polar surface area (TPSA) is 178 Å². The van der Waals surface area contributed by atoms with Crippen LogP contribution in [-0.4, -0.2) is 58.3 Å². The van der Waals surface area contributed by atoms with E-state index in [-0.39, 0.29) is 41.4 Å². The first-order chi connectivity index (χ1) is 25.5. The third-order valence-corrected chi connectivity index (χ3v) is 10.6. The number of para-hydroxylation sites is 1. The molecule has 2 aromatic heterocycles. The van der Waals surface area contributed by atoms with Gasteiger partial charge >= 0.3 is 5.97 Å². The highest BCUT2D eigenvalue weighted by atomic mass is 16.5. The van der Waals surface area contributed by atoms with Crippen LogP contribution in [0.1, 0.15) is 111 Å². The molecule has 280 valence electrons. The predicted molar refractivity (Wildman–Crippen MR) is 194 cm³/mol. The van der Waals surface area contributed by atoms with E-state index in [0.717, 1.165) is 60.0 Å². The molecule has 4 N–H and O–H groups in total. The number of fused-ring (bicyclic) bond motifs is 4. The molecule has 1 unspecified atom stereocenters. The summed E-state index contributed by atoms with van der Waals surface area (Å²) in [4.78, 5) is 49.3. The number of aliphatic hydroxyl groups is 1. The van der Waals surface area contributed by atoms with E-state index in [9.17, 15) is 19.5 Å². The summed E-state index contributed by atoms with van der Waals surface area (Å²) in [6.07, 6.45) is 4.71. The van der Waals surface area contributed by atoms with Crippen molar-refractivity contribution in [3.63, 3.8) is 0 Å². The molecule has 2 aromatic carbocycles. The number of anilines is 1. The van der Waals surface area contributed by atoms with Gasteiger partial charge in [-0.05, 0) is 47.4 Å². The Labute approximate surface area is 308 Å². The smallest absolute Gasteiger partial charge is 0.360 e. The van der Waals surface area contributed by atoms with Crippen molar-refractivity contribution in [1.82, 2.24) is 20.6 Å². The number of aromatic nitrogens is 2. The predicted octanol–water partition coefficient (Wildman–Crippen LogP) is 5.59. The van der Waals surface area contributed by atoms with E-state index in [4.69, 9.17) is 23.3 Å². The first-order valence-corrected chi connectivity index (χ1v) is 18.5. The van der Waals surface area contributed by atoms with Crippen LogP contribution >= 0.6 is 0 Å². The molecule has 5 heterocycles. The molecule has 13 nitrogen and oxygen atoms in total. The minimum atomic E-state index is -1.30. The number of nitrogens with zero attached hydrogens (tertiary/aromatic N) is 2. The minimum absolute atomic E-state index is 0.0359. The number of carbonyl (C=O) groups excluding carboxylic acids is 3. The Morgan fingerprint density at radius 2 is 1.89 bits per heavy atom. The minimum Gasteiger partial charge on any atom is -0.469 e. The fraction of sp³-hybridized carbons (Fsp3) is 0.475. The average Bonchev–Trinajstić information content (AvgIpc) is 3.92. The summed E-state index contributed by atoms with van der Waals surface area (Å²) in [5, 5.41) is 20.2. The van der Waals surface area contributed by atoms with Crippen LogP contribution in [0.25, 0.3) is 11.6 Å². The van der Waals surface area contributed by atoms with Gasteiger partial charge in [0.25, 0.3) is 0 Å². The number of rotatable bonds is 11. The molecule has 3 aliphatic heterocycles. The van der Waals surface area contributed by atoms with Gasteiger partial charge in [0.2, 0.25) is 23.6 Å². The lowest BCUT2D eigenvalue weighted by Crippen LogP contribution is -2.52. The number of unbranched alkanes of at least 4 members (excludes halogenated alkanes) is 3. The van der Waals surface area contributed by atoms with Crippen molar-refractivity contribution in [3.8, 4) is 17.3 Å². The Bertz CT molecular complexity index is 2030. The van der Waals surface area contributed by atoms with Crippen molar-refractivity contribution in [3.05, 3.63) is 82.3 Å². The highest BCUT2D eigenvalue weighted by Gasteiger charge is 2.61. The number of carbonyl (C=O) groups is 3. The van der Waals surface area contributed by atoms with Crippen LogP contribution in [0.15, 0.2) is 51.5 Å². The van der Waals surface area contributed by atoms with Gasteiger partial charge in [-0.3, -0.25) is 9.59 Å². The Kier molecular flexibility index (Phi) is 9.79. The van der Waals surface area contributed by atoms with E-state index in [0.29, 0.717) is 11.5 Å². The van der Waals surface area contributed by atoms with Crippen molar-refractivity contribution < 1.29 is 37.8 Å². The van der Waals surface area contributed by atoms with Crippen molar-refractivity contribution in [2.75, 3.05) is 12.4 Å².